The topological polar surface area (TPSA) is 16.1 Å². The summed E-state index contributed by atoms with van der Waals surface area (Å²) >= 11 is 0. The van der Waals surface area contributed by atoms with E-state index in [-0.39, 0.29) is 0 Å². The maximum Gasteiger partial charge on any atom is 0.416 e. The van der Waals surface area contributed by atoms with Crippen LogP contribution >= 0.6 is 0 Å². The maximum absolute atomic E-state index is 12.8. The second-order valence-electron chi connectivity index (χ2n) is 5.66. The van der Waals surface area contributed by atoms with Gasteiger partial charge in [-0.05, 0) is 46.8 Å². The zero-order valence-corrected chi connectivity index (χ0v) is 12.8. The van der Waals surface area contributed by atoms with E-state index in [4.69, 9.17) is 0 Å². The van der Waals surface area contributed by atoms with Crippen LogP contribution in [0, 0.1) is 6.92 Å². The Kier molecular flexibility index (Phi) is 5.57. The van der Waals surface area contributed by atoms with Gasteiger partial charge in [0.1, 0.15) is 0 Å². The highest BCUT2D eigenvalue weighted by molar-refractivity contribution is 5.23. The second-order valence-corrected chi connectivity index (χ2v) is 5.66. The average Bonchev–Trinajstić information content (AvgIpc) is 2.26. The molecule has 20 heavy (non-hydrogen) atoms. The first-order valence-electron chi connectivity index (χ1n) is 6.91. The fraction of sp³-hybridized carbons (Fsp3) is 0.667. The lowest BCUT2D eigenvalue weighted by Gasteiger charge is -2.30. The van der Waals surface area contributed by atoms with Gasteiger partial charge in [0, 0.05) is 36.4 Å². The Morgan fingerprint density at radius 3 is 2.10 bits per heavy atom. The maximum atomic E-state index is 12.8. The van der Waals surface area contributed by atoms with E-state index < -0.39 is 11.7 Å². The third kappa shape index (κ3) is 4.78. The van der Waals surface area contributed by atoms with Crippen LogP contribution in [0.2, 0.25) is 0 Å². The van der Waals surface area contributed by atoms with Crippen LogP contribution in [0.5, 0.6) is 0 Å². The third-order valence-electron chi connectivity index (χ3n) is 3.29. The lowest BCUT2D eigenvalue weighted by molar-refractivity contribution is -0.137. The molecule has 0 saturated heterocycles. The molecule has 0 saturated carbocycles. The summed E-state index contributed by atoms with van der Waals surface area (Å²) in [6.45, 7) is 10.7. The van der Waals surface area contributed by atoms with Crippen molar-refractivity contribution in [1.82, 2.24) is 9.88 Å². The standard InChI is InChI=1S/C15H23F3N2/c1-10(2)20(11(3)4)7-6-14-9-13(15(16,17)18)8-12(5)19-14/h8-11H,6-7H2,1-5H3. The first-order valence-corrected chi connectivity index (χ1v) is 6.91. The van der Waals surface area contributed by atoms with Crippen LogP contribution in [0.15, 0.2) is 12.1 Å². The number of hydrogen-bond donors (Lipinski definition) is 0. The molecular formula is C15H23F3N2. The highest BCUT2D eigenvalue weighted by atomic mass is 19.4. The average molecular weight is 288 g/mol. The molecule has 0 aliphatic rings. The fourth-order valence-electron chi connectivity index (χ4n) is 2.39. The molecule has 0 aliphatic heterocycles. The van der Waals surface area contributed by atoms with Crippen molar-refractivity contribution in [1.29, 1.82) is 0 Å². The highest BCUT2D eigenvalue weighted by Gasteiger charge is 2.31. The van der Waals surface area contributed by atoms with Crippen LogP contribution in [0.3, 0.4) is 0 Å². The summed E-state index contributed by atoms with van der Waals surface area (Å²) < 4.78 is 38.3. The molecule has 0 aliphatic carbocycles. The normalized spacial score (nSPS) is 12.8. The number of halogens is 3. The van der Waals surface area contributed by atoms with Crippen molar-refractivity contribution >= 4 is 0 Å². The van der Waals surface area contributed by atoms with E-state index in [1.165, 1.54) is 0 Å². The second kappa shape index (κ2) is 6.57. The summed E-state index contributed by atoms with van der Waals surface area (Å²) in [5.74, 6) is 0. The zero-order valence-electron chi connectivity index (χ0n) is 12.8. The van der Waals surface area contributed by atoms with E-state index in [0.29, 0.717) is 36.4 Å². The summed E-state index contributed by atoms with van der Waals surface area (Å²) in [5.41, 5.74) is 0.305. The van der Waals surface area contributed by atoms with Crippen molar-refractivity contribution in [3.05, 3.63) is 29.1 Å². The van der Waals surface area contributed by atoms with E-state index in [1.807, 2.05) is 0 Å². The van der Waals surface area contributed by atoms with E-state index in [0.717, 1.165) is 12.1 Å². The SMILES string of the molecule is Cc1cc(C(F)(F)F)cc(CCN(C(C)C)C(C)C)n1. The number of hydrogen-bond acceptors (Lipinski definition) is 2. The Hall–Kier alpha value is -1.10. The van der Waals surface area contributed by atoms with Crippen molar-refractivity contribution in [2.75, 3.05) is 6.54 Å². The molecule has 0 unspecified atom stereocenters. The molecule has 0 N–H and O–H groups in total. The van der Waals surface area contributed by atoms with Gasteiger partial charge < -0.3 is 0 Å². The lowest BCUT2D eigenvalue weighted by Crippen LogP contribution is -2.38. The molecule has 1 heterocycles. The van der Waals surface area contributed by atoms with E-state index >= 15 is 0 Å². The minimum Gasteiger partial charge on any atom is -0.298 e. The van der Waals surface area contributed by atoms with Gasteiger partial charge in [-0.2, -0.15) is 13.2 Å². The Bertz CT molecular complexity index is 431. The van der Waals surface area contributed by atoms with Gasteiger partial charge in [-0.15, -0.1) is 0 Å². The Morgan fingerprint density at radius 1 is 1.10 bits per heavy atom. The number of aryl methyl sites for hydroxylation is 1. The smallest absolute Gasteiger partial charge is 0.298 e. The van der Waals surface area contributed by atoms with Crippen molar-refractivity contribution in [2.24, 2.45) is 0 Å². The Balaban J connectivity index is 2.85. The molecule has 0 amide bonds. The van der Waals surface area contributed by atoms with Crippen molar-refractivity contribution in [3.8, 4) is 0 Å². The third-order valence-corrected chi connectivity index (χ3v) is 3.29. The minimum atomic E-state index is -4.31. The molecule has 0 fully saturated rings. The van der Waals surface area contributed by atoms with Crippen molar-refractivity contribution < 1.29 is 13.2 Å². The quantitative estimate of drug-likeness (QED) is 0.812. The van der Waals surface area contributed by atoms with Gasteiger partial charge in [0.2, 0.25) is 0 Å². The van der Waals surface area contributed by atoms with Crippen LogP contribution in [-0.2, 0) is 12.6 Å². The number of rotatable bonds is 5. The summed E-state index contributed by atoms with van der Waals surface area (Å²) in [6, 6.07) is 2.97. The van der Waals surface area contributed by atoms with Gasteiger partial charge in [0.25, 0.3) is 0 Å². The summed E-state index contributed by atoms with van der Waals surface area (Å²) in [4.78, 5) is 6.46. The van der Waals surface area contributed by atoms with Gasteiger partial charge in [-0.3, -0.25) is 9.88 Å². The molecule has 114 valence electrons. The monoisotopic (exact) mass is 288 g/mol. The summed E-state index contributed by atoms with van der Waals surface area (Å²) in [7, 11) is 0. The fourth-order valence-corrected chi connectivity index (χ4v) is 2.39. The van der Waals surface area contributed by atoms with Crippen LogP contribution in [0.25, 0.3) is 0 Å². The molecule has 2 nitrogen and oxygen atoms in total. The number of alkyl halides is 3. The molecule has 1 rings (SSSR count). The Morgan fingerprint density at radius 2 is 1.65 bits per heavy atom. The number of pyridine rings is 1. The molecule has 1 aromatic rings. The van der Waals surface area contributed by atoms with E-state index in [9.17, 15) is 13.2 Å². The van der Waals surface area contributed by atoms with Crippen LogP contribution in [0.1, 0.15) is 44.6 Å². The predicted molar refractivity (Wildman–Crippen MR) is 74.7 cm³/mol. The van der Waals surface area contributed by atoms with Crippen LogP contribution in [-0.4, -0.2) is 28.5 Å². The van der Waals surface area contributed by atoms with Crippen molar-refractivity contribution in [3.63, 3.8) is 0 Å². The minimum absolute atomic E-state index is 0.363. The molecule has 5 heteroatoms. The number of nitrogens with zero attached hydrogens (tertiary/aromatic N) is 2. The van der Waals surface area contributed by atoms with Gasteiger partial charge in [-0.1, -0.05) is 0 Å². The summed E-state index contributed by atoms with van der Waals surface area (Å²) in [5, 5.41) is 0. The largest absolute Gasteiger partial charge is 0.416 e. The first kappa shape index (κ1) is 17.0. The van der Waals surface area contributed by atoms with Gasteiger partial charge in [0.15, 0.2) is 0 Å². The predicted octanol–water partition coefficient (Wildman–Crippen LogP) is 4.07. The molecule has 0 spiro atoms. The number of aromatic nitrogens is 1. The molecular weight excluding hydrogens is 265 g/mol. The van der Waals surface area contributed by atoms with Gasteiger partial charge in [0.05, 0.1) is 5.56 Å². The van der Waals surface area contributed by atoms with Gasteiger partial charge in [-0.25, -0.2) is 0 Å². The zero-order chi connectivity index (χ0) is 15.5. The first-order chi connectivity index (χ1) is 9.11. The molecule has 0 aromatic carbocycles. The van der Waals surface area contributed by atoms with Gasteiger partial charge >= 0.3 is 6.18 Å². The van der Waals surface area contributed by atoms with E-state index in [1.54, 1.807) is 6.92 Å². The highest BCUT2D eigenvalue weighted by Crippen LogP contribution is 2.30. The Labute approximate surface area is 119 Å². The lowest BCUT2D eigenvalue weighted by atomic mass is 10.1. The molecule has 0 bridgehead atoms. The molecule has 1 aromatic heterocycles. The molecule has 0 atom stereocenters. The van der Waals surface area contributed by atoms with Crippen LogP contribution < -0.4 is 0 Å². The molecule has 0 radical (unpaired) electrons. The van der Waals surface area contributed by atoms with E-state index in [2.05, 4.69) is 37.6 Å². The van der Waals surface area contributed by atoms with Crippen LogP contribution in [0.4, 0.5) is 13.2 Å². The van der Waals surface area contributed by atoms with Crippen molar-refractivity contribution in [2.45, 2.75) is 59.3 Å². The summed E-state index contributed by atoms with van der Waals surface area (Å²) in [6.07, 6.45) is -3.78.